The van der Waals surface area contributed by atoms with Crippen LogP contribution in [0.15, 0.2) is 27.4 Å². The van der Waals surface area contributed by atoms with Crippen molar-refractivity contribution in [3.8, 4) is 5.75 Å². The highest BCUT2D eigenvalue weighted by Crippen LogP contribution is 2.40. The average molecular weight is 399 g/mol. The van der Waals surface area contributed by atoms with E-state index in [9.17, 15) is 14.7 Å². The molecule has 1 aromatic heterocycles. The number of carbonyl (C=O) groups is 1. The van der Waals surface area contributed by atoms with E-state index in [1.807, 2.05) is 17.9 Å². The fraction of sp³-hybridized carbons (Fsp3) is 0.565. The van der Waals surface area contributed by atoms with Crippen LogP contribution in [0, 0.1) is 19.8 Å². The van der Waals surface area contributed by atoms with Crippen LogP contribution in [0.4, 0.5) is 0 Å². The minimum Gasteiger partial charge on any atom is -0.481 e. The highest BCUT2D eigenvalue weighted by Gasteiger charge is 2.44. The van der Waals surface area contributed by atoms with Gasteiger partial charge in [-0.2, -0.15) is 0 Å². The van der Waals surface area contributed by atoms with Gasteiger partial charge in [0.2, 0.25) is 0 Å². The van der Waals surface area contributed by atoms with E-state index in [0.717, 1.165) is 36.6 Å². The lowest BCUT2D eigenvalue weighted by molar-refractivity contribution is -0.149. The Kier molecular flexibility index (Phi) is 5.15. The minimum absolute atomic E-state index is 0.0701. The summed E-state index contributed by atoms with van der Waals surface area (Å²) in [4.78, 5) is 26.7. The number of fused-ring (bicyclic) bond motifs is 2. The van der Waals surface area contributed by atoms with Crippen LogP contribution in [-0.4, -0.2) is 40.7 Å². The summed E-state index contributed by atoms with van der Waals surface area (Å²) in [6, 6.07) is 5.33. The lowest BCUT2D eigenvalue weighted by Crippen LogP contribution is -2.56. The smallest absolute Gasteiger partial charge is 0.339 e. The van der Waals surface area contributed by atoms with Gasteiger partial charge in [-0.15, -0.1) is 0 Å². The SMILES string of the molecule is Cc1c(C)c2ccc(O[C@H](C)C(=O)N3CC[C@]4(O)CCCC[C@@H]4C3)cc2oc1=O. The van der Waals surface area contributed by atoms with Gasteiger partial charge >= 0.3 is 5.63 Å². The summed E-state index contributed by atoms with van der Waals surface area (Å²) >= 11 is 0. The van der Waals surface area contributed by atoms with Crippen molar-refractivity contribution >= 4 is 16.9 Å². The summed E-state index contributed by atoms with van der Waals surface area (Å²) in [5, 5.41) is 11.7. The van der Waals surface area contributed by atoms with Crippen molar-refractivity contribution in [2.24, 2.45) is 5.92 Å². The minimum atomic E-state index is -0.652. The summed E-state index contributed by atoms with van der Waals surface area (Å²) in [5.74, 6) is 0.581. The van der Waals surface area contributed by atoms with Gasteiger partial charge in [-0.1, -0.05) is 12.8 Å². The fourth-order valence-corrected chi connectivity index (χ4v) is 4.78. The van der Waals surface area contributed by atoms with E-state index >= 15 is 0 Å². The molecule has 2 fully saturated rings. The Morgan fingerprint density at radius 1 is 1.28 bits per heavy atom. The topological polar surface area (TPSA) is 80.0 Å². The number of likely N-dealkylation sites (tertiary alicyclic amines) is 1. The van der Waals surface area contributed by atoms with Crippen molar-refractivity contribution in [3.05, 3.63) is 39.7 Å². The van der Waals surface area contributed by atoms with Gasteiger partial charge in [-0.05, 0) is 57.7 Å². The summed E-state index contributed by atoms with van der Waals surface area (Å²) in [6.07, 6.45) is 3.97. The molecule has 0 radical (unpaired) electrons. The zero-order valence-electron chi connectivity index (χ0n) is 17.4. The summed E-state index contributed by atoms with van der Waals surface area (Å²) in [7, 11) is 0. The van der Waals surface area contributed by atoms with Crippen LogP contribution < -0.4 is 10.4 Å². The number of amides is 1. The second-order valence-corrected chi connectivity index (χ2v) is 8.64. The lowest BCUT2D eigenvalue weighted by atomic mass is 9.71. The molecule has 6 nitrogen and oxygen atoms in total. The number of aliphatic hydroxyl groups is 1. The zero-order chi connectivity index (χ0) is 20.8. The first-order chi connectivity index (χ1) is 13.8. The first-order valence-corrected chi connectivity index (χ1v) is 10.5. The molecule has 1 amide bonds. The monoisotopic (exact) mass is 399 g/mol. The van der Waals surface area contributed by atoms with Gasteiger partial charge in [-0.25, -0.2) is 4.79 Å². The molecule has 1 N–H and O–H groups in total. The van der Waals surface area contributed by atoms with Crippen LogP contribution in [0.1, 0.15) is 50.2 Å². The Morgan fingerprint density at radius 2 is 2.07 bits per heavy atom. The van der Waals surface area contributed by atoms with Crippen molar-refractivity contribution in [1.29, 1.82) is 0 Å². The Labute approximate surface area is 170 Å². The Bertz CT molecular complexity index is 997. The van der Waals surface area contributed by atoms with Crippen molar-refractivity contribution in [2.45, 2.75) is 64.6 Å². The van der Waals surface area contributed by atoms with Gasteiger partial charge in [0, 0.05) is 36.0 Å². The molecular formula is C23H29NO5. The molecule has 156 valence electrons. The normalized spacial score (nSPS) is 25.5. The number of nitrogens with zero attached hydrogens (tertiary/aromatic N) is 1. The first kappa shape index (κ1) is 20.0. The molecule has 1 saturated heterocycles. The van der Waals surface area contributed by atoms with E-state index < -0.39 is 11.7 Å². The molecule has 1 saturated carbocycles. The van der Waals surface area contributed by atoms with Gasteiger partial charge in [-0.3, -0.25) is 4.79 Å². The molecule has 1 aliphatic heterocycles. The third kappa shape index (κ3) is 3.66. The number of piperidine rings is 1. The second kappa shape index (κ2) is 7.48. The molecule has 0 unspecified atom stereocenters. The van der Waals surface area contributed by atoms with Gasteiger partial charge in [0.05, 0.1) is 5.60 Å². The molecular weight excluding hydrogens is 370 g/mol. The number of ether oxygens (including phenoxy) is 1. The predicted molar refractivity (Wildman–Crippen MR) is 110 cm³/mol. The maximum atomic E-state index is 12.9. The van der Waals surface area contributed by atoms with Crippen molar-refractivity contribution < 1.29 is 19.1 Å². The van der Waals surface area contributed by atoms with E-state index in [-0.39, 0.29) is 17.5 Å². The molecule has 2 heterocycles. The third-order valence-electron chi connectivity index (χ3n) is 6.83. The van der Waals surface area contributed by atoms with E-state index in [2.05, 4.69) is 0 Å². The van der Waals surface area contributed by atoms with Crippen LogP contribution in [0.25, 0.3) is 11.0 Å². The standard InChI is InChI=1S/C23H29NO5/c1-14-15(2)22(26)29-20-12-18(7-8-19(14)20)28-16(3)21(25)24-11-10-23(27)9-5-4-6-17(23)13-24/h7-8,12,16-17,27H,4-6,9-11,13H2,1-3H3/t16-,17-,23-/m1/s1. The Balaban J connectivity index is 1.47. The van der Waals surface area contributed by atoms with Crippen LogP contribution in [0.5, 0.6) is 5.75 Å². The fourth-order valence-electron chi connectivity index (χ4n) is 4.78. The summed E-state index contributed by atoms with van der Waals surface area (Å²) in [6.45, 7) is 6.53. The lowest BCUT2D eigenvalue weighted by Gasteiger charge is -2.47. The number of carbonyl (C=O) groups excluding carboxylic acids is 1. The van der Waals surface area contributed by atoms with Gasteiger partial charge in [0.1, 0.15) is 11.3 Å². The van der Waals surface area contributed by atoms with Crippen molar-refractivity contribution in [3.63, 3.8) is 0 Å². The maximum absolute atomic E-state index is 12.9. The molecule has 2 aliphatic rings. The van der Waals surface area contributed by atoms with Crippen molar-refractivity contribution in [2.75, 3.05) is 13.1 Å². The number of aryl methyl sites for hydroxylation is 1. The molecule has 3 atom stereocenters. The van der Waals surface area contributed by atoms with Gasteiger partial charge in [0.15, 0.2) is 6.10 Å². The quantitative estimate of drug-likeness (QED) is 0.801. The highest BCUT2D eigenvalue weighted by molar-refractivity contribution is 5.83. The largest absolute Gasteiger partial charge is 0.481 e. The molecule has 4 rings (SSSR count). The second-order valence-electron chi connectivity index (χ2n) is 8.64. The Morgan fingerprint density at radius 3 is 2.86 bits per heavy atom. The van der Waals surface area contributed by atoms with Crippen LogP contribution >= 0.6 is 0 Å². The Hall–Kier alpha value is -2.34. The number of rotatable bonds is 3. The molecule has 2 aromatic rings. The first-order valence-electron chi connectivity index (χ1n) is 10.5. The van der Waals surface area contributed by atoms with E-state index in [0.29, 0.717) is 36.4 Å². The third-order valence-corrected chi connectivity index (χ3v) is 6.83. The molecule has 0 spiro atoms. The molecule has 1 aromatic carbocycles. The molecule has 6 heteroatoms. The van der Waals surface area contributed by atoms with Crippen LogP contribution in [0.2, 0.25) is 0 Å². The predicted octanol–water partition coefficient (Wildman–Crippen LogP) is 3.33. The number of hydrogen-bond donors (Lipinski definition) is 1. The summed E-state index contributed by atoms with van der Waals surface area (Å²) in [5.41, 5.74) is 0.984. The van der Waals surface area contributed by atoms with Gasteiger partial charge in [0.25, 0.3) is 5.91 Å². The summed E-state index contributed by atoms with van der Waals surface area (Å²) < 4.78 is 11.3. The average Bonchev–Trinajstić information content (AvgIpc) is 2.70. The molecule has 0 bridgehead atoms. The zero-order valence-corrected chi connectivity index (χ0v) is 17.4. The highest BCUT2D eigenvalue weighted by atomic mass is 16.5. The van der Waals surface area contributed by atoms with Crippen molar-refractivity contribution in [1.82, 2.24) is 4.90 Å². The van der Waals surface area contributed by atoms with E-state index in [1.165, 1.54) is 0 Å². The van der Waals surface area contributed by atoms with Gasteiger partial charge < -0.3 is 19.2 Å². The van der Waals surface area contributed by atoms with Crippen LogP contribution in [-0.2, 0) is 4.79 Å². The number of hydrogen-bond acceptors (Lipinski definition) is 5. The van der Waals surface area contributed by atoms with E-state index in [1.54, 1.807) is 26.0 Å². The molecule has 1 aliphatic carbocycles. The molecule has 29 heavy (non-hydrogen) atoms. The number of benzene rings is 1. The maximum Gasteiger partial charge on any atom is 0.339 e. The van der Waals surface area contributed by atoms with E-state index in [4.69, 9.17) is 9.15 Å². The van der Waals surface area contributed by atoms with Crippen LogP contribution in [0.3, 0.4) is 0 Å².